The Kier molecular flexibility index (Phi) is 3.74. The Labute approximate surface area is 105 Å². The van der Waals surface area contributed by atoms with E-state index in [1.165, 1.54) is 0 Å². The zero-order valence-corrected chi connectivity index (χ0v) is 11.3. The van der Waals surface area contributed by atoms with Crippen LogP contribution in [0.5, 0.6) is 0 Å². The number of nitrogens with zero attached hydrogens (tertiary/aromatic N) is 2. The fourth-order valence-electron chi connectivity index (χ4n) is 2.39. The highest BCUT2D eigenvalue weighted by Crippen LogP contribution is 2.34. The van der Waals surface area contributed by atoms with Gasteiger partial charge in [-0.3, -0.25) is 0 Å². The molecule has 2 rings (SSSR count). The van der Waals surface area contributed by atoms with Gasteiger partial charge in [0.15, 0.2) is 0 Å². The monoisotopic (exact) mass is 290 g/mol. The van der Waals surface area contributed by atoms with Crippen LogP contribution in [0.1, 0.15) is 12.8 Å². The van der Waals surface area contributed by atoms with Crippen LogP contribution in [-0.2, 0) is 4.74 Å². The first-order valence-corrected chi connectivity index (χ1v) is 6.93. The van der Waals surface area contributed by atoms with E-state index >= 15 is 0 Å². The van der Waals surface area contributed by atoms with Crippen LogP contribution in [0, 0.1) is 5.41 Å². The molecule has 2 heterocycles. The molecule has 2 saturated heterocycles. The lowest BCUT2D eigenvalue weighted by Crippen LogP contribution is -2.44. The predicted octanol–water partition coefficient (Wildman–Crippen LogP) is 1.55. The Morgan fingerprint density at radius 3 is 2.56 bits per heavy atom. The van der Waals surface area contributed by atoms with Crippen LogP contribution < -0.4 is 0 Å². The second-order valence-corrected chi connectivity index (χ2v) is 5.43. The SMILES string of the molecule is CN1CCN(CC2(CBr)CCOCC2)C1=O. The fourth-order valence-corrected chi connectivity index (χ4v) is 3.13. The number of amides is 2. The van der Waals surface area contributed by atoms with E-state index in [0.717, 1.165) is 51.0 Å². The van der Waals surface area contributed by atoms with Crippen LogP contribution in [0.2, 0.25) is 0 Å². The largest absolute Gasteiger partial charge is 0.381 e. The highest BCUT2D eigenvalue weighted by Gasteiger charge is 2.37. The van der Waals surface area contributed by atoms with E-state index in [9.17, 15) is 4.79 Å². The van der Waals surface area contributed by atoms with E-state index < -0.39 is 0 Å². The van der Waals surface area contributed by atoms with Gasteiger partial charge in [-0.05, 0) is 12.8 Å². The second-order valence-electron chi connectivity index (χ2n) is 4.87. The summed E-state index contributed by atoms with van der Waals surface area (Å²) in [6.07, 6.45) is 2.09. The summed E-state index contributed by atoms with van der Waals surface area (Å²) in [5.74, 6) is 0. The molecule has 0 unspecified atom stereocenters. The molecule has 0 aromatic heterocycles. The minimum absolute atomic E-state index is 0.173. The van der Waals surface area contributed by atoms with E-state index in [1.54, 1.807) is 4.90 Å². The summed E-state index contributed by atoms with van der Waals surface area (Å²) in [4.78, 5) is 15.6. The summed E-state index contributed by atoms with van der Waals surface area (Å²) >= 11 is 3.60. The van der Waals surface area contributed by atoms with Crippen LogP contribution >= 0.6 is 15.9 Å². The molecule has 0 aromatic carbocycles. The smallest absolute Gasteiger partial charge is 0.319 e. The first kappa shape index (κ1) is 12.2. The number of likely N-dealkylation sites (N-methyl/N-ethyl adjacent to an activating group) is 1. The van der Waals surface area contributed by atoms with Crippen molar-refractivity contribution in [2.45, 2.75) is 12.8 Å². The number of ether oxygens (including phenoxy) is 1. The predicted molar refractivity (Wildman–Crippen MR) is 65.9 cm³/mol. The summed E-state index contributed by atoms with van der Waals surface area (Å²) in [5, 5.41) is 0.955. The molecule has 5 heteroatoms. The standard InChI is InChI=1S/C11H19BrN2O2/c1-13-4-5-14(10(13)15)9-11(8-12)2-6-16-7-3-11/h2-9H2,1H3. The highest BCUT2D eigenvalue weighted by molar-refractivity contribution is 9.09. The number of halogens is 1. The summed E-state index contributed by atoms with van der Waals surface area (Å²) in [7, 11) is 1.87. The van der Waals surface area contributed by atoms with Crippen LogP contribution in [0.3, 0.4) is 0 Å². The number of carbonyl (C=O) groups is 1. The molecule has 0 aromatic rings. The molecule has 0 bridgehead atoms. The quantitative estimate of drug-likeness (QED) is 0.739. The van der Waals surface area contributed by atoms with E-state index in [4.69, 9.17) is 4.74 Å². The molecule has 0 spiro atoms. The third-order valence-electron chi connectivity index (χ3n) is 3.67. The van der Waals surface area contributed by atoms with Crippen molar-refractivity contribution in [3.8, 4) is 0 Å². The van der Waals surface area contributed by atoms with Crippen LogP contribution in [0.25, 0.3) is 0 Å². The average molecular weight is 291 g/mol. The van der Waals surface area contributed by atoms with Gasteiger partial charge in [-0.25, -0.2) is 4.79 Å². The van der Waals surface area contributed by atoms with E-state index in [2.05, 4.69) is 15.9 Å². The molecule has 0 radical (unpaired) electrons. The molecule has 2 amide bonds. The first-order chi connectivity index (χ1) is 7.67. The van der Waals surface area contributed by atoms with Gasteiger partial charge in [0.05, 0.1) is 0 Å². The Balaban J connectivity index is 1.98. The highest BCUT2D eigenvalue weighted by atomic mass is 79.9. The summed E-state index contributed by atoms with van der Waals surface area (Å²) in [6.45, 7) is 4.23. The number of carbonyl (C=O) groups excluding carboxylic acids is 1. The van der Waals surface area contributed by atoms with Crippen LogP contribution in [-0.4, -0.2) is 61.1 Å². The Morgan fingerprint density at radius 2 is 2.06 bits per heavy atom. The Bertz CT molecular complexity index is 267. The lowest BCUT2D eigenvalue weighted by atomic mass is 9.82. The summed E-state index contributed by atoms with van der Waals surface area (Å²) < 4.78 is 5.40. The number of hydrogen-bond acceptors (Lipinski definition) is 2. The topological polar surface area (TPSA) is 32.8 Å². The molecule has 16 heavy (non-hydrogen) atoms. The number of urea groups is 1. The van der Waals surface area contributed by atoms with Crippen molar-refractivity contribution < 1.29 is 9.53 Å². The zero-order valence-electron chi connectivity index (χ0n) is 9.75. The maximum atomic E-state index is 11.8. The van der Waals surface area contributed by atoms with E-state index in [0.29, 0.717) is 0 Å². The number of alkyl halides is 1. The van der Waals surface area contributed by atoms with E-state index in [-0.39, 0.29) is 11.4 Å². The normalized spacial score (nSPS) is 25.2. The molecule has 0 saturated carbocycles. The van der Waals surface area contributed by atoms with Gasteiger partial charge in [0.2, 0.25) is 0 Å². The van der Waals surface area contributed by atoms with Crippen molar-refractivity contribution >= 4 is 22.0 Å². The van der Waals surface area contributed by atoms with Gasteiger partial charge in [-0.15, -0.1) is 0 Å². The van der Waals surface area contributed by atoms with Gasteiger partial charge in [0.25, 0.3) is 0 Å². The molecule has 2 aliphatic rings. The van der Waals surface area contributed by atoms with Crippen molar-refractivity contribution in [1.29, 1.82) is 0 Å². The molecule has 92 valence electrons. The van der Waals surface area contributed by atoms with Gasteiger partial charge in [0, 0.05) is 50.6 Å². The fraction of sp³-hybridized carbons (Fsp3) is 0.909. The zero-order chi connectivity index (χ0) is 11.6. The van der Waals surface area contributed by atoms with E-state index in [1.807, 2.05) is 11.9 Å². The maximum absolute atomic E-state index is 11.8. The molecule has 0 N–H and O–H groups in total. The summed E-state index contributed by atoms with van der Waals surface area (Å²) in [6, 6.07) is 0.173. The molecular formula is C11H19BrN2O2. The minimum atomic E-state index is 0.173. The maximum Gasteiger partial charge on any atom is 0.319 e. The third-order valence-corrected chi connectivity index (χ3v) is 4.86. The average Bonchev–Trinajstić information content (AvgIpc) is 2.62. The van der Waals surface area contributed by atoms with Crippen molar-refractivity contribution in [2.75, 3.05) is 45.2 Å². The van der Waals surface area contributed by atoms with Crippen LogP contribution in [0.15, 0.2) is 0 Å². The third kappa shape index (κ3) is 2.35. The van der Waals surface area contributed by atoms with Crippen molar-refractivity contribution in [3.63, 3.8) is 0 Å². The molecular weight excluding hydrogens is 272 g/mol. The van der Waals surface area contributed by atoms with Crippen LogP contribution in [0.4, 0.5) is 4.79 Å². The molecule has 4 nitrogen and oxygen atoms in total. The van der Waals surface area contributed by atoms with Gasteiger partial charge in [-0.1, -0.05) is 15.9 Å². The minimum Gasteiger partial charge on any atom is -0.381 e. The summed E-state index contributed by atoms with van der Waals surface area (Å²) in [5.41, 5.74) is 0.221. The van der Waals surface area contributed by atoms with Gasteiger partial charge in [-0.2, -0.15) is 0 Å². The molecule has 2 aliphatic heterocycles. The number of hydrogen-bond donors (Lipinski definition) is 0. The van der Waals surface area contributed by atoms with Gasteiger partial charge in [0.1, 0.15) is 0 Å². The van der Waals surface area contributed by atoms with Crippen molar-refractivity contribution in [3.05, 3.63) is 0 Å². The van der Waals surface area contributed by atoms with Gasteiger partial charge < -0.3 is 14.5 Å². The van der Waals surface area contributed by atoms with Gasteiger partial charge >= 0.3 is 6.03 Å². The molecule has 0 atom stereocenters. The van der Waals surface area contributed by atoms with Crippen molar-refractivity contribution in [1.82, 2.24) is 9.80 Å². The Morgan fingerprint density at radius 1 is 1.38 bits per heavy atom. The Hall–Kier alpha value is -0.290. The van der Waals surface area contributed by atoms with Crippen molar-refractivity contribution in [2.24, 2.45) is 5.41 Å². The lowest BCUT2D eigenvalue weighted by Gasteiger charge is -2.38. The number of rotatable bonds is 3. The lowest BCUT2D eigenvalue weighted by molar-refractivity contribution is 0.0156. The second kappa shape index (κ2) is 4.92. The molecule has 0 aliphatic carbocycles. The first-order valence-electron chi connectivity index (χ1n) is 5.81. The molecule has 2 fully saturated rings.